The molecule has 0 spiro atoms. The third kappa shape index (κ3) is 1.71. The Morgan fingerprint density at radius 2 is 2.08 bits per heavy atom. The van der Waals surface area contributed by atoms with E-state index in [-0.39, 0.29) is 5.41 Å². The molecular formula is C9H15N3O. The van der Waals surface area contributed by atoms with Crippen molar-refractivity contribution in [2.75, 3.05) is 0 Å². The van der Waals surface area contributed by atoms with Crippen molar-refractivity contribution in [1.29, 1.82) is 0 Å². The van der Waals surface area contributed by atoms with E-state index in [1.807, 2.05) is 20.8 Å². The molecule has 1 aromatic heterocycles. The van der Waals surface area contributed by atoms with Crippen molar-refractivity contribution in [2.45, 2.75) is 26.2 Å². The number of primary amides is 1. The molecule has 0 bridgehead atoms. The lowest BCUT2D eigenvalue weighted by Gasteiger charge is -2.17. The highest BCUT2D eigenvalue weighted by Crippen LogP contribution is 2.24. The summed E-state index contributed by atoms with van der Waals surface area (Å²) in [6.07, 6.45) is 1.69. The molecule has 0 saturated carbocycles. The molecule has 0 aliphatic rings. The summed E-state index contributed by atoms with van der Waals surface area (Å²) in [6, 6.07) is 0. The molecule has 4 nitrogen and oxygen atoms in total. The Morgan fingerprint density at radius 1 is 1.54 bits per heavy atom. The van der Waals surface area contributed by atoms with E-state index in [1.165, 1.54) is 4.68 Å². The van der Waals surface area contributed by atoms with Gasteiger partial charge in [-0.1, -0.05) is 20.8 Å². The third-order valence-corrected chi connectivity index (χ3v) is 1.98. The number of carbonyl (C=O) groups is 1. The van der Waals surface area contributed by atoms with Crippen LogP contribution in [0.1, 0.15) is 36.8 Å². The first-order chi connectivity index (χ1) is 5.84. The second-order valence-corrected chi connectivity index (χ2v) is 4.14. The van der Waals surface area contributed by atoms with Crippen molar-refractivity contribution in [3.05, 3.63) is 17.5 Å². The second kappa shape index (κ2) is 2.87. The fraction of sp³-hybridized carbons (Fsp3) is 0.556. The van der Waals surface area contributed by atoms with Crippen LogP contribution in [0.25, 0.3) is 0 Å². The van der Waals surface area contributed by atoms with Crippen LogP contribution in [0, 0.1) is 0 Å². The van der Waals surface area contributed by atoms with Crippen LogP contribution in [0.4, 0.5) is 0 Å². The zero-order valence-corrected chi connectivity index (χ0v) is 8.46. The predicted molar refractivity (Wildman–Crippen MR) is 50.4 cm³/mol. The number of hydrogen-bond acceptors (Lipinski definition) is 2. The molecule has 0 atom stereocenters. The Hall–Kier alpha value is -1.32. The van der Waals surface area contributed by atoms with E-state index in [1.54, 1.807) is 13.2 Å². The average molecular weight is 181 g/mol. The summed E-state index contributed by atoms with van der Waals surface area (Å²) >= 11 is 0. The number of hydrogen-bond donors (Lipinski definition) is 1. The summed E-state index contributed by atoms with van der Waals surface area (Å²) in [4.78, 5) is 11.1. The molecular weight excluding hydrogens is 166 g/mol. The number of aryl methyl sites for hydroxylation is 1. The number of carbonyl (C=O) groups excluding carboxylic acids is 1. The maximum Gasteiger partial charge on any atom is 0.267 e. The Balaban J connectivity index is 3.31. The highest BCUT2D eigenvalue weighted by Gasteiger charge is 2.23. The minimum absolute atomic E-state index is 0.0986. The molecule has 0 aromatic carbocycles. The summed E-state index contributed by atoms with van der Waals surface area (Å²) in [5.74, 6) is -0.426. The van der Waals surface area contributed by atoms with Crippen LogP contribution in [0.3, 0.4) is 0 Å². The number of nitrogens with two attached hydrogens (primary N) is 1. The molecule has 0 unspecified atom stereocenters. The van der Waals surface area contributed by atoms with Crippen LogP contribution < -0.4 is 5.73 Å². The maximum absolute atomic E-state index is 11.1. The molecule has 1 rings (SSSR count). The SMILES string of the molecule is Cn1ncc(C(C)(C)C)c1C(N)=O. The summed E-state index contributed by atoms with van der Waals surface area (Å²) < 4.78 is 1.52. The first-order valence-electron chi connectivity index (χ1n) is 4.16. The van der Waals surface area contributed by atoms with Crippen LogP contribution in [0.2, 0.25) is 0 Å². The highest BCUT2D eigenvalue weighted by molar-refractivity contribution is 5.92. The average Bonchev–Trinajstić information content (AvgIpc) is 2.28. The third-order valence-electron chi connectivity index (χ3n) is 1.98. The van der Waals surface area contributed by atoms with Crippen molar-refractivity contribution >= 4 is 5.91 Å². The molecule has 0 saturated heterocycles. The van der Waals surface area contributed by atoms with Gasteiger partial charge in [-0.25, -0.2) is 0 Å². The molecule has 72 valence electrons. The molecule has 1 amide bonds. The number of amides is 1. The van der Waals surface area contributed by atoms with E-state index >= 15 is 0 Å². The van der Waals surface area contributed by atoms with Crippen molar-refractivity contribution in [3.63, 3.8) is 0 Å². The minimum atomic E-state index is -0.426. The topological polar surface area (TPSA) is 60.9 Å². The van der Waals surface area contributed by atoms with Gasteiger partial charge in [-0.3, -0.25) is 9.48 Å². The van der Waals surface area contributed by atoms with Gasteiger partial charge in [0.05, 0.1) is 6.20 Å². The molecule has 0 radical (unpaired) electrons. The first-order valence-corrected chi connectivity index (χ1v) is 4.16. The maximum atomic E-state index is 11.1. The fourth-order valence-corrected chi connectivity index (χ4v) is 1.28. The number of rotatable bonds is 1. The Labute approximate surface area is 77.7 Å². The molecule has 0 aliphatic heterocycles. The van der Waals surface area contributed by atoms with Crippen LogP contribution in [-0.2, 0) is 12.5 Å². The molecule has 13 heavy (non-hydrogen) atoms. The molecule has 4 heteroatoms. The van der Waals surface area contributed by atoms with Gasteiger partial charge in [0.15, 0.2) is 0 Å². The first kappa shape index (κ1) is 9.77. The smallest absolute Gasteiger partial charge is 0.267 e. The summed E-state index contributed by atoms with van der Waals surface area (Å²) in [7, 11) is 1.72. The second-order valence-electron chi connectivity index (χ2n) is 4.14. The van der Waals surface area contributed by atoms with Gasteiger partial charge in [0.1, 0.15) is 5.69 Å². The van der Waals surface area contributed by atoms with Gasteiger partial charge in [-0.15, -0.1) is 0 Å². The Bertz CT molecular complexity index is 333. The Kier molecular flexibility index (Phi) is 2.15. The predicted octanol–water partition coefficient (Wildman–Crippen LogP) is 0.817. The van der Waals surface area contributed by atoms with Gasteiger partial charge in [-0.05, 0) is 5.41 Å². The van der Waals surface area contributed by atoms with Gasteiger partial charge < -0.3 is 5.73 Å². The molecule has 1 aromatic rings. The Morgan fingerprint density at radius 3 is 2.38 bits per heavy atom. The van der Waals surface area contributed by atoms with Crippen LogP contribution >= 0.6 is 0 Å². The molecule has 2 N–H and O–H groups in total. The number of nitrogens with zero attached hydrogens (tertiary/aromatic N) is 2. The minimum Gasteiger partial charge on any atom is -0.364 e. The van der Waals surface area contributed by atoms with E-state index in [9.17, 15) is 4.79 Å². The zero-order chi connectivity index (χ0) is 10.2. The fourth-order valence-electron chi connectivity index (χ4n) is 1.28. The number of aromatic nitrogens is 2. The van der Waals surface area contributed by atoms with Crippen molar-refractivity contribution in [3.8, 4) is 0 Å². The largest absolute Gasteiger partial charge is 0.364 e. The summed E-state index contributed by atoms with van der Waals surface area (Å²) in [5, 5.41) is 4.02. The standard InChI is InChI=1S/C9H15N3O/c1-9(2,3)6-5-11-12(4)7(6)8(10)13/h5H,1-4H3,(H2,10,13). The van der Waals surface area contributed by atoms with E-state index in [0.717, 1.165) is 5.56 Å². The lowest BCUT2D eigenvalue weighted by molar-refractivity contribution is 0.0989. The van der Waals surface area contributed by atoms with Crippen molar-refractivity contribution in [1.82, 2.24) is 9.78 Å². The van der Waals surface area contributed by atoms with Crippen LogP contribution in [0.5, 0.6) is 0 Å². The van der Waals surface area contributed by atoms with Crippen LogP contribution in [-0.4, -0.2) is 15.7 Å². The summed E-state index contributed by atoms with van der Waals surface area (Å²) in [6.45, 7) is 6.07. The van der Waals surface area contributed by atoms with Crippen molar-refractivity contribution < 1.29 is 4.79 Å². The monoisotopic (exact) mass is 181 g/mol. The van der Waals surface area contributed by atoms with Gasteiger partial charge >= 0.3 is 0 Å². The molecule has 1 heterocycles. The quantitative estimate of drug-likeness (QED) is 0.697. The van der Waals surface area contributed by atoms with E-state index < -0.39 is 5.91 Å². The zero-order valence-electron chi connectivity index (χ0n) is 8.46. The summed E-state index contributed by atoms with van der Waals surface area (Å²) in [5.41, 5.74) is 6.54. The van der Waals surface area contributed by atoms with Crippen molar-refractivity contribution in [2.24, 2.45) is 12.8 Å². The lowest BCUT2D eigenvalue weighted by Crippen LogP contribution is -2.22. The van der Waals surface area contributed by atoms with E-state index in [4.69, 9.17) is 5.73 Å². The van der Waals surface area contributed by atoms with E-state index in [2.05, 4.69) is 5.10 Å². The van der Waals surface area contributed by atoms with Gasteiger partial charge in [0.2, 0.25) is 0 Å². The van der Waals surface area contributed by atoms with E-state index in [0.29, 0.717) is 5.69 Å². The molecule has 0 fully saturated rings. The molecule has 0 aliphatic carbocycles. The van der Waals surface area contributed by atoms with Gasteiger partial charge in [0, 0.05) is 12.6 Å². The van der Waals surface area contributed by atoms with Gasteiger partial charge in [0.25, 0.3) is 5.91 Å². The highest BCUT2D eigenvalue weighted by atomic mass is 16.1. The normalized spacial score (nSPS) is 11.7. The van der Waals surface area contributed by atoms with Crippen LogP contribution in [0.15, 0.2) is 6.20 Å². The van der Waals surface area contributed by atoms with Gasteiger partial charge in [-0.2, -0.15) is 5.10 Å². The lowest BCUT2D eigenvalue weighted by atomic mass is 9.87.